The molecule has 1 fully saturated rings. The van der Waals surface area contributed by atoms with Crippen LogP contribution in [0.4, 0.5) is 0 Å². The number of carbonyl (C=O) groups excluding carboxylic acids is 1. The van der Waals surface area contributed by atoms with Crippen molar-refractivity contribution in [1.82, 2.24) is 10.6 Å². The molecule has 16 heavy (non-hydrogen) atoms. The van der Waals surface area contributed by atoms with Crippen LogP contribution in [0.15, 0.2) is 30.3 Å². The minimum atomic E-state index is -0.450. The van der Waals surface area contributed by atoms with Crippen LogP contribution in [0.25, 0.3) is 0 Å². The number of amides is 1. The van der Waals surface area contributed by atoms with E-state index in [9.17, 15) is 9.90 Å². The average molecular weight is 220 g/mol. The Bertz CT molecular complexity index is 353. The van der Waals surface area contributed by atoms with Crippen LogP contribution in [0.1, 0.15) is 16.8 Å². The minimum Gasteiger partial charge on any atom is -0.391 e. The molecule has 0 bridgehead atoms. The number of hydrogen-bond acceptors (Lipinski definition) is 3. The van der Waals surface area contributed by atoms with Gasteiger partial charge in [-0.2, -0.15) is 0 Å². The molecule has 1 aliphatic heterocycles. The van der Waals surface area contributed by atoms with Gasteiger partial charge in [0.15, 0.2) is 0 Å². The first-order valence-corrected chi connectivity index (χ1v) is 5.52. The fourth-order valence-corrected chi connectivity index (χ4v) is 1.83. The van der Waals surface area contributed by atoms with E-state index in [1.807, 2.05) is 18.2 Å². The predicted molar refractivity (Wildman–Crippen MR) is 61.2 cm³/mol. The summed E-state index contributed by atoms with van der Waals surface area (Å²) < 4.78 is 0. The molecule has 4 nitrogen and oxygen atoms in total. The third kappa shape index (κ3) is 2.59. The smallest absolute Gasteiger partial charge is 0.251 e. The lowest BCUT2D eigenvalue weighted by Gasteiger charge is -2.29. The second kappa shape index (κ2) is 5.09. The molecular weight excluding hydrogens is 204 g/mol. The molecular formula is C12H16N2O2. The molecule has 86 valence electrons. The lowest BCUT2D eigenvalue weighted by Crippen LogP contribution is -2.53. The fourth-order valence-electron chi connectivity index (χ4n) is 1.83. The van der Waals surface area contributed by atoms with E-state index in [2.05, 4.69) is 10.6 Å². The zero-order chi connectivity index (χ0) is 11.4. The van der Waals surface area contributed by atoms with Gasteiger partial charge in [-0.1, -0.05) is 18.2 Å². The number of rotatable bonds is 2. The van der Waals surface area contributed by atoms with Crippen molar-refractivity contribution in [3.8, 4) is 0 Å². The molecule has 2 atom stereocenters. The summed E-state index contributed by atoms with van der Waals surface area (Å²) in [6.07, 6.45) is 0.230. The molecule has 1 aromatic carbocycles. The van der Waals surface area contributed by atoms with E-state index < -0.39 is 6.10 Å². The van der Waals surface area contributed by atoms with E-state index in [-0.39, 0.29) is 11.9 Å². The number of hydrogen-bond donors (Lipinski definition) is 3. The normalized spacial score (nSPS) is 25.1. The van der Waals surface area contributed by atoms with Gasteiger partial charge < -0.3 is 15.7 Å². The molecule has 1 amide bonds. The third-order valence-electron chi connectivity index (χ3n) is 2.80. The van der Waals surface area contributed by atoms with Crippen LogP contribution in [0, 0.1) is 0 Å². The van der Waals surface area contributed by atoms with Gasteiger partial charge in [0.25, 0.3) is 5.91 Å². The van der Waals surface area contributed by atoms with Crippen molar-refractivity contribution in [3.05, 3.63) is 35.9 Å². The molecule has 4 heteroatoms. The zero-order valence-electron chi connectivity index (χ0n) is 9.02. The maximum atomic E-state index is 11.8. The largest absolute Gasteiger partial charge is 0.391 e. The van der Waals surface area contributed by atoms with Crippen molar-refractivity contribution >= 4 is 5.91 Å². The van der Waals surface area contributed by atoms with Gasteiger partial charge in [0.1, 0.15) is 0 Å². The molecule has 0 spiro atoms. The number of carbonyl (C=O) groups is 1. The lowest BCUT2D eigenvalue weighted by molar-refractivity contribution is 0.0755. The van der Waals surface area contributed by atoms with Gasteiger partial charge in [0, 0.05) is 12.1 Å². The predicted octanol–water partition coefficient (Wildman–Crippen LogP) is 0.139. The van der Waals surface area contributed by atoms with Crippen LogP contribution in [0.5, 0.6) is 0 Å². The zero-order valence-corrected chi connectivity index (χ0v) is 9.02. The van der Waals surface area contributed by atoms with E-state index in [0.717, 1.165) is 6.54 Å². The van der Waals surface area contributed by atoms with Gasteiger partial charge in [-0.05, 0) is 25.1 Å². The highest BCUT2D eigenvalue weighted by Crippen LogP contribution is 2.05. The topological polar surface area (TPSA) is 61.4 Å². The van der Waals surface area contributed by atoms with Crippen LogP contribution in [-0.2, 0) is 0 Å². The molecule has 0 aromatic heterocycles. The first kappa shape index (κ1) is 11.1. The Morgan fingerprint density at radius 3 is 2.81 bits per heavy atom. The second-order valence-corrected chi connectivity index (χ2v) is 4.01. The van der Waals surface area contributed by atoms with Crippen molar-refractivity contribution in [3.63, 3.8) is 0 Å². The van der Waals surface area contributed by atoms with Crippen molar-refractivity contribution in [1.29, 1.82) is 0 Å². The van der Waals surface area contributed by atoms with E-state index in [1.54, 1.807) is 12.1 Å². The lowest BCUT2D eigenvalue weighted by atomic mass is 10.0. The van der Waals surface area contributed by atoms with E-state index in [0.29, 0.717) is 18.5 Å². The first-order chi connectivity index (χ1) is 7.77. The highest BCUT2D eigenvalue weighted by atomic mass is 16.3. The Labute approximate surface area is 94.7 Å². The van der Waals surface area contributed by atoms with Crippen LogP contribution in [-0.4, -0.2) is 36.2 Å². The number of aliphatic hydroxyl groups is 1. The number of benzene rings is 1. The highest BCUT2D eigenvalue weighted by molar-refractivity contribution is 5.94. The van der Waals surface area contributed by atoms with Crippen molar-refractivity contribution in [2.75, 3.05) is 13.1 Å². The quantitative estimate of drug-likeness (QED) is 0.664. The Kier molecular flexibility index (Phi) is 3.54. The maximum absolute atomic E-state index is 11.8. The fraction of sp³-hybridized carbons (Fsp3) is 0.417. The first-order valence-electron chi connectivity index (χ1n) is 5.52. The molecule has 3 N–H and O–H groups in total. The summed E-state index contributed by atoms with van der Waals surface area (Å²) in [7, 11) is 0. The van der Waals surface area contributed by atoms with Crippen molar-refractivity contribution in [2.24, 2.45) is 0 Å². The monoisotopic (exact) mass is 220 g/mol. The highest BCUT2D eigenvalue weighted by Gasteiger charge is 2.24. The van der Waals surface area contributed by atoms with Crippen LogP contribution in [0.2, 0.25) is 0 Å². The number of nitrogens with one attached hydrogen (secondary N) is 2. The second-order valence-electron chi connectivity index (χ2n) is 4.01. The molecule has 1 saturated heterocycles. The maximum Gasteiger partial charge on any atom is 0.251 e. The average Bonchev–Trinajstić information content (AvgIpc) is 2.33. The molecule has 0 saturated carbocycles. The standard InChI is InChI=1S/C12H16N2O2/c15-11-6-7-13-8-10(11)14-12(16)9-4-2-1-3-5-9/h1-5,10-11,13,15H,6-8H2,(H,14,16)/t10-,11-/m0/s1. The van der Waals surface area contributed by atoms with E-state index in [4.69, 9.17) is 0 Å². The van der Waals surface area contributed by atoms with Crippen molar-refractivity contribution < 1.29 is 9.90 Å². The van der Waals surface area contributed by atoms with Gasteiger partial charge in [0.2, 0.25) is 0 Å². The summed E-state index contributed by atoms with van der Waals surface area (Å²) in [5.41, 5.74) is 0.625. The summed E-state index contributed by atoms with van der Waals surface area (Å²) >= 11 is 0. The van der Waals surface area contributed by atoms with Crippen LogP contribution in [0.3, 0.4) is 0 Å². The van der Waals surface area contributed by atoms with E-state index >= 15 is 0 Å². The summed E-state index contributed by atoms with van der Waals surface area (Å²) in [4.78, 5) is 11.8. The van der Waals surface area contributed by atoms with Crippen molar-refractivity contribution in [2.45, 2.75) is 18.6 Å². The molecule has 1 heterocycles. The Balaban J connectivity index is 1.96. The summed E-state index contributed by atoms with van der Waals surface area (Å²) in [6, 6.07) is 8.85. The van der Waals surface area contributed by atoms with E-state index in [1.165, 1.54) is 0 Å². The molecule has 1 aromatic rings. The van der Waals surface area contributed by atoms with Gasteiger partial charge >= 0.3 is 0 Å². The molecule has 2 rings (SSSR count). The van der Waals surface area contributed by atoms with Gasteiger partial charge in [-0.3, -0.25) is 4.79 Å². The Morgan fingerprint density at radius 1 is 1.38 bits per heavy atom. The molecule has 0 radical (unpaired) electrons. The number of piperidine rings is 1. The van der Waals surface area contributed by atoms with Crippen LogP contribution < -0.4 is 10.6 Å². The Hall–Kier alpha value is -1.39. The van der Waals surface area contributed by atoms with Gasteiger partial charge in [0.05, 0.1) is 12.1 Å². The molecule has 0 unspecified atom stereocenters. The minimum absolute atomic E-state index is 0.131. The molecule has 0 aliphatic carbocycles. The van der Waals surface area contributed by atoms with Gasteiger partial charge in [-0.15, -0.1) is 0 Å². The molecule has 1 aliphatic rings. The van der Waals surface area contributed by atoms with Crippen LogP contribution >= 0.6 is 0 Å². The summed E-state index contributed by atoms with van der Waals surface area (Å²) in [6.45, 7) is 1.43. The Morgan fingerprint density at radius 2 is 2.12 bits per heavy atom. The number of aliphatic hydroxyl groups excluding tert-OH is 1. The summed E-state index contributed by atoms with van der Waals surface area (Å²) in [5, 5.41) is 15.7. The SMILES string of the molecule is O=C(N[C@H]1CNCC[C@@H]1O)c1ccccc1. The van der Waals surface area contributed by atoms with Gasteiger partial charge in [-0.25, -0.2) is 0 Å². The summed E-state index contributed by atoms with van der Waals surface area (Å²) in [5.74, 6) is -0.131. The third-order valence-corrected chi connectivity index (χ3v) is 2.80.